The Bertz CT molecular complexity index is 694. The quantitative estimate of drug-likeness (QED) is 0.319. The van der Waals surface area contributed by atoms with Crippen molar-refractivity contribution < 1.29 is 9.90 Å². The molecule has 0 aliphatic carbocycles. The van der Waals surface area contributed by atoms with Crippen LogP contribution in [0.1, 0.15) is 55.8 Å². The van der Waals surface area contributed by atoms with Gasteiger partial charge in [-0.15, -0.1) is 0 Å². The zero-order chi connectivity index (χ0) is 20.6. The molecule has 2 aliphatic heterocycles. The highest BCUT2D eigenvalue weighted by atomic mass is 16.3. The summed E-state index contributed by atoms with van der Waals surface area (Å²) in [6.45, 7) is 4.11. The number of guanidine groups is 1. The number of phenolic OH excluding ortho intramolecular Hbond substituents is 1. The molecule has 2 fully saturated rings. The Morgan fingerprint density at radius 2 is 2.00 bits per heavy atom. The number of carbonyl (C=O) groups excluding carboxylic acids is 1. The predicted molar refractivity (Wildman–Crippen MR) is 116 cm³/mol. The average molecular weight is 402 g/mol. The zero-order valence-corrected chi connectivity index (χ0v) is 17.7. The summed E-state index contributed by atoms with van der Waals surface area (Å²) in [5.74, 6) is 0.800. The van der Waals surface area contributed by atoms with Gasteiger partial charge in [0.05, 0.1) is 0 Å². The minimum atomic E-state index is -0.173. The molecule has 2 aliphatic rings. The van der Waals surface area contributed by atoms with Gasteiger partial charge in [-0.25, -0.2) is 0 Å². The topological polar surface area (TPSA) is 89.0 Å². The number of nitrogens with one attached hydrogen (secondary N) is 3. The van der Waals surface area contributed by atoms with Gasteiger partial charge in [-0.3, -0.25) is 9.79 Å². The lowest BCUT2D eigenvalue weighted by atomic mass is 9.82. The Hall–Kier alpha value is -2.28. The van der Waals surface area contributed by atoms with Crippen LogP contribution < -0.4 is 16.0 Å². The van der Waals surface area contributed by atoms with Gasteiger partial charge < -0.3 is 26.0 Å². The van der Waals surface area contributed by atoms with E-state index in [1.54, 1.807) is 18.2 Å². The SMILES string of the molecule is CCNC(=NCCCNC(=O)c1cccc(O)c1)NC1CC2CCCC(C1)N2C. The summed E-state index contributed by atoms with van der Waals surface area (Å²) >= 11 is 0. The molecule has 0 aromatic heterocycles. The number of piperidine rings is 2. The molecule has 3 rings (SSSR count). The van der Waals surface area contributed by atoms with Crippen LogP contribution >= 0.6 is 0 Å². The number of phenols is 1. The van der Waals surface area contributed by atoms with E-state index in [2.05, 4.69) is 34.8 Å². The molecule has 2 unspecified atom stereocenters. The molecule has 2 saturated heterocycles. The van der Waals surface area contributed by atoms with Crippen LogP contribution in [-0.4, -0.2) is 66.7 Å². The summed E-state index contributed by atoms with van der Waals surface area (Å²) in [4.78, 5) is 19.4. The van der Waals surface area contributed by atoms with Crippen LogP contribution in [0.3, 0.4) is 0 Å². The Kier molecular flexibility index (Phi) is 7.75. The molecule has 0 spiro atoms. The lowest BCUT2D eigenvalue weighted by Gasteiger charge is -2.47. The van der Waals surface area contributed by atoms with Gasteiger partial charge in [0.15, 0.2) is 5.96 Å². The smallest absolute Gasteiger partial charge is 0.251 e. The van der Waals surface area contributed by atoms with E-state index in [-0.39, 0.29) is 11.7 Å². The van der Waals surface area contributed by atoms with Crippen molar-refractivity contribution in [3.63, 3.8) is 0 Å². The van der Waals surface area contributed by atoms with E-state index in [0.29, 0.717) is 36.8 Å². The fourth-order valence-electron chi connectivity index (χ4n) is 4.47. The first-order valence-corrected chi connectivity index (χ1v) is 10.9. The summed E-state index contributed by atoms with van der Waals surface area (Å²) in [5, 5.41) is 19.3. The second-order valence-corrected chi connectivity index (χ2v) is 8.14. The van der Waals surface area contributed by atoms with E-state index in [1.165, 1.54) is 38.2 Å². The fourth-order valence-corrected chi connectivity index (χ4v) is 4.47. The molecule has 7 heteroatoms. The van der Waals surface area contributed by atoms with E-state index in [1.807, 2.05) is 0 Å². The van der Waals surface area contributed by atoms with Crippen molar-refractivity contribution in [1.29, 1.82) is 0 Å². The molecule has 1 aromatic carbocycles. The lowest BCUT2D eigenvalue weighted by Crippen LogP contribution is -2.56. The van der Waals surface area contributed by atoms with Crippen LogP contribution in [0, 0.1) is 0 Å². The standard InChI is InChI=1S/C22H35N5O2/c1-3-23-22(26-17-14-18-8-5-9-19(15-17)27(18)2)25-12-6-11-24-21(29)16-7-4-10-20(28)13-16/h4,7,10,13,17-19,28H,3,5-6,8-9,11-12,14-15H2,1-2H3,(H,24,29)(H2,23,25,26). The first kappa shape index (κ1) is 21.4. The van der Waals surface area contributed by atoms with Gasteiger partial charge in [0.25, 0.3) is 5.91 Å². The van der Waals surface area contributed by atoms with Crippen molar-refractivity contribution in [1.82, 2.24) is 20.9 Å². The van der Waals surface area contributed by atoms with Gasteiger partial charge >= 0.3 is 0 Å². The maximum Gasteiger partial charge on any atom is 0.251 e. The second kappa shape index (κ2) is 10.5. The van der Waals surface area contributed by atoms with Crippen molar-refractivity contribution in [2.75, 3.05) is 26.7 Å². The third-order valence-corrected chi connectivity index (χ3v) is 6.02. The Labute approximate surface area is 174 Å². The predicted octanol–water partition coefficient (Wildman–Crippen LogP) is 2.08. The molecule has 2 atom stereocenters. The summed E-state index contributed by atoms with van der Waals surface area (Å²) < 4.78 is 0. The molecule has 160 valence electrons. The molecule has 0 saturated carbocycles. The van der Waals surface area contributed by atoms with Crippen molar-refractivity contribution in [3.8, 4) is 5.75 Å². The maximum atomic E-state index is 12.1. The van der Waals surface area contributed by atoms with Gasteiger partial charge in [-0.05, 0) is 64.3 Å². The van der Waals surface area contributed by atoms with Crippen LogP contribution in [0.2, 0.25) is 0 Å². The molecule has 1 aromatic rings. The second-order valence-electron chi connectivity index (χ2n) is 8.14. The molecule has 7 nitrogen and oxygen atoms in total. The molecule has 1 amide bonds. The van der Waals surface area contributed by atoms with Gasteiger partial charge in [0, 0.05) is 43.3 Å². The van der Waals surface area contributed by atoms with Crippen LogP contribution in [0.4, 0.5) is 0 Å². The first-order chi connectivity index (χ1) is 14.1. The Morgan fingerprint density at radius 3 is 2.69 bits per heavy atom. The van der Waals surface area contributed by atoms with Crippen LogP contribution in [0.5, 0.6) is 5.75 Å². The number of hydrogen-bond donors (Lipinski definition) is 4. The summed E-state index contributed by atoms with van der Waals surface area (Å²) in [6, 6.07) is 8.24. The number of aromatic hydroxyl groups is 1. The average Bonchev–Trinajstić information content (AvgIpc) is 2.68. The monoisotopic (exact) mass is 401 g/mol. The van der Waals surface area contributed by atoms with E-state index in [9.17, 15) is 9.90 Å². The van der Waals surface area contributed by atoms with Crippen molar-refractivity contribution in [2.45, 2.75) is 63.6 Å². The van der Waals surface area contributed by atoms with Gasteiger partial charge in [0.1, 0.15) is 5.75 Å². The Balaban J connectivity index is 1.43. The van der Waals surface area contributed by atoms with E-state index in [0.717, 1.165) is 18.9 Å². The van der Waals surface area contributed by atoms with Crippen molar-refractivity contribution in [3.05, 3.63) is 29.8 Å². The van der Waals surface area contributed by atoms with Crippen LogP contribution in [0.15, 0.2) is 29.3 Å². The van der Waals surface area contributed by atoms with Crippen LogP contribution in [0.25, 0.3) is 0 Å². The fraction of sp³-hybridized carbons (Fsp3) is 0.636. The van der Waals surface area contributed by atoms with E-state index in [4.69, 9.17) is 4.99 Å². The van der Waals surface area contributed by atoms with E-state index >= 15 is 0 Å². The molecular weight excluding hydrogens is 366 g/mol. The van der Waals surface area contributed by atoms with Gasteiger partial charge in [-0.1, -0.05) is 12.5 Å². The van der Waals surface area contributed by atoms with Crippen molar-refractivity contribution in [2.24, 2.45) is 4.99 Å². The third kappa shape index (κ3) is 6.10. The molecular formula is C22H35N5O2. The normalized spacial score (nSPS) is 24.8. The number of hydrogen-bond acceptors (Lipinski definition) is 4. The molecule has 2 heterocycles. The first-order valence-electron chi connectivity index (χ1n) is 10.9. The summed E-state index contributed by atoms with van der Waals surface area (Å²) in [7, 11) is 2.27. The van der Waals surface area contributed by atoms with Crippen LogP contribution in [-0.2, 0) is 0 Å². The minimum absolute atomic E-state index is 0.0988. The molecule has 4 N–H and O–H groups in total. The number of rotatable bonds is 7. The highest BCUT2D eigenvalue weighted by Gasteiger charge is 2.36. The Morgan fingerprint density at radius 1 is 1.24 bits per heavy atom. The number of carbonyl (C=O) groups is 1. The summed E-state index contributed by atoms with van der Waals surface area (Å²) in [6.07, 6.45) is 7.08. The summed E-state index contributed by atoms with van der Waals surface area (Å²) in [5.41, 5.74) is 0.469. The molecule has 2 bridgehead atoms. The lowest BCUT2D eigenvalue weighted by molar-refractivity contribution is 0.0526. The zero-order valence-electron chi connectivity index (χ0n) is 17.7. The number of aliphatic imine (C=N–C) groups is 1. The number of benzene rings is 1. The van der Waals surface area contributed by atoms with E-state index < -0.39 is 0 Å². The molecule has 29 heavy (non-hydrogen) atoms. The minimum Gasteiger partial charge on any atom is -0.508 e. The largest absolute Gasteiger partial charge is 0.508 e. The van der Waals surface area contributed by atoms with Crippen molar-refractivity contribution >= 4 is 11.9 Å². The number of fused-ring (bicyclic) bond motifs is 2. The number of amides is 1. The maximum absolute atomic E-state index is 12.1. The highest BCUT2D eigenvalue weighted by Crippen LogP contribution is 2.32. The van der Waals surface area contributed by atoms with Gasteiger partial charge in [0.2, 0.25) is 0 Å². The highest BCUT2D eigenvalue weighted by molar-refractivity contribution is 5.94. The third-order valence-electron chi connectivity index (χ3n) is 6.02. The van der Waals surface area contributed by atoms with Gasteiger partial charge in [-0.2, -0.15) is 0 Å². The molecule has 0 radical (unpaired) electrons. The number of nitrogens with zero attached hydrogens (tertiary/aromatic N) is 2.